The Hall–Kier alpha value is -10.3. The van der Waals surface area contributed by atoms with Crippen molar-refractivity contribution in [1.29, 1.82) is 26.3 Å². The standard InChI is InChI=1S/C13H22N2O5.2C13H21NO6.C11H17N3O.C10H14N2O2.C8H13NO2/c1-5-10(4)11(16)15-8-20-13(18)14-6-7-19-12(17)9(2)3;2*1-4-10(3)12(16)19-8-9-20-13(17)14-6-7-18-11(15)5-2;1-3-10(2)11(15)14(8-4-6-12)9-5-7-13;1-3-8(2)10(13)14-9(4-6-11)5-7-12;1-3-7(2)8(10)11-6-4-5-9/h10H,2,5-8H2,1,3-4H3,(H,14,18)(H,15,16);2*5,10H,2,4,6-9H2,1,3H3,(H,14,17);10H,3-5,8-9H2,1-2H3;8-9H,3-5H2,1-2H3;7H,3-4,6H2,1-2H3. The lowest BCUT2D eigenvalue weighted by atomic mass is 10.1. The van der Waals surface area contributed by atoms with E-state index in [4.69, 9.17) is 64.2 Å². The number of esters is 7. The van der Waals surface area contributed by atoms with Gasteiger partial charge in [0.1, 0.15) is 59.0 Å². The van der Waals surface area contributed by atoms with Crippen molar-refractivity contribution in [3.05, 3.63) is 37.5 Å². The zero-order valence-electron chi connectivity index (χ0n) is 60.7. The van der Waals surface area contributed by atoms with Crippen LogP contribution in [0.15, 0.2) is 37.5 Å². The molecule has 0 aromatic carbocycles. The molecule has 0 spiro atoms. The summed E-state index contributed by atoms with van der Waals surface area (Å²) in [5.41, 5.74) is 0.292. The first-order chi connectivity index (χ1) is 47.4. The fourth-order valence-corrected chi connectivity index (χ4v) is 5.50. The number of carbonyl (C=O) groups excluding carboxylic acids is 12. The van der Waals surface area contributed by atoms with Crippen molar-refractivity contribution in [1.82, 2.24) is 26.2 Å². The Bertz CT molecular complexity index is 2560. The third kappa shape index (κ3) is 63.7. The normalized spacial score (nSPS) is 11.2. The summed E-state index contributed by atoms with van der Waals surface area (Å²) in [6.07, 6.45) is 4.93. The summed E-state index contributed by atoms with van der Waals surface area (Å²) in [5.74, 6) is -3.61. The van der Waals surface area contributed by atoms with Crippen molar-refractivity contribution >= 4 is 71.9 Å². The highest BCUT2D eigenvalue weighted by Gasteiger charge is 2.20. The van der Waals surface area contributed by atoms with Crippen LogP contribution in [0.3, 0.4) is 0 Å². The summed E-state index contributed by atoms with van der Waals surface area (Å²) in [6, 6.07) is 9.70. The summed E-state index contributed by atoms with van der Waals surface area (Å²) >= 11 is 0. The van der Waals surface area contributed by atoms with Crippen LogP contribution in [-0.2, 0) is 90.5 Å². The van der Waals surface area contributed by atoms with Gasteiger partial charge in [-0.1, -0.05) is 103 Å². The Balaban J connectivity index is -0.000000268. The molecule has 0 radical (unpaired) electrons. The Morgan fingerprint density at radius 2 is 0.750 bits per heavy atom. The van der Waals surface area contributed by atoms with Crippen molar-refractivity contribution in [3.63, 3.8) is 0 Å². The molecule has 6 unspecified atom stereocenters. The summed E-state index contributed by atoms with van der Waals surface area (Å²) in [4.78, 5) is 135. The summed E-state index contributed by atoms with van der Waals surface area (Å²) < 4.78 is 47.8. The Morgan fingerprint density at radius 1 is 0.410 bits per heavy atom. The molecule has 562 valence electrons. The maximum absolute atomic E-state index is 11.8. The Kier molecular flexibility index (Phi) is 70.6. The number of hydrogen-bond acceptors (Lipinski definition) is 27. The SMILES string of the molecule is C=C(C)C(=O)OCCNC(=O)OCNC(=O)C(C)CC.C=CC(=O)OCCNC(=O)OCCOC(=O)C(C)CC.C=CC(=O)OCCNC(=O)OCCOC(=O)C(C)CC.CCC(C)C(=O)N(CCC#N)CCC#N.CCC(C)C(=O)OC(CC#N)CC#N.CCC(C)C(=O)OCCC#N. The van der Waals surface area contributed by atoms with Crippen LogP contribution in [0.5, 0.6) is 0 Å². The molecular weight excluding hydrogens is 1310 g/mol. The van der Waals surface area contributed by atoms with Gasteiger partial charge in [-0.05, 0) is 45.4 Å². The van der Waals surface area contributed by atoms with Gasteiger partial charge in [-0.3, -0.25) is 28.8 Å². The molecule has 0 aliphatic heterocycles. The van der Waals surface area contributed by atoms with E-state index in [-0.39, 0.29) is 170 Å². The van der Waals surface area contributed by atoms with Crippen molar-refractivity contribution < 1.29 is 105 Å². The molecular formula is C68H108N10O22. The molecule has 0 aromatic rings. The second-order valence-corrected chi connectivity index (χ2v) is 21.0. The molecule has 0 rings (SSSR count). The van der Waals surface area contributed by atoms with E-state index in [1.54, 1.807) is 32.6 Å². The number of rotatable bonds is 41. The topological polar surface area (TPSA) is 467 Å². The number of nitriles is 5. The first-order valence-electron chi connectivity index (χ1n) is 32.7. The summed E-state index contributed by atoms with van der Waals surface area (Å²) in [5, 5.41) is 51.5. The lowest BCUT2D eigenvalue weighted by molar-refractivity contribution is -0.153. The van der Waals surface area contributed by atoms with E-state index in [0.717, 1.165) is 25.0 Å². The molecule has 0 aliphatic rings. The lowest BCUT2D eigenvalue weighted by Crippen LogP contribution is -2.36. The number of alkyl carbamates (subject to hydrolysis) is 3. The van der Waals surface area contributed by atoms with E-state index in [2.05, 4.69) is 50.5 Å². The monoisotopic (exact) mass is 1420 g/mol. The molecule has 5 amide bonds. The smallest absolute Gasteiger partial charge is 0.408 e. The molecule has 0 fully saturated rings. The van der Waals surface area contributed by atoms with Gasteiger partial charge in [-0.15, -0.1) is 0 Å². The van der Waals surface area contributed by atoms with Crippen molar-refractivity contribution in [2.75, 3.05) is 92.3 Å². The van der Waals surface area contributed by atoms with E-state index >= 15 is 0 Å². The Morgan fingerprint density at radius 3 is 1.09 bits per heavy atom. The van der Waals surface area contributed by atoms with E-state index in [1.165, 1.54) is 6.92 Å². The second kappa shape index (κ2) is 70.0. The van der Waals surface area contributed by atoms with Gasteiger partial charge in [0.2, 0.25) is 11.8 Å². The number of ether oxygens (including phenoxy) is 10. The first kappa shape index (κ1) is 101. The minimum absolute atomic E-state index is 0.0159. The maximum Gasteiger partial charge on any atom is 0.408 e. The number of carbonyl (C=O) groups is 12. The molecule has 4 N–H and O–H groups in total. The second-order valence-electron chi connectivity index (χ2n) is 21.0. The molecule has 0 bridgehead atoms. The first-order valence-corrected chi connectivity index (χ1v) is 32.7. The van der Waals surface area contributed by atoms with Gasteiger partial charge in [0, 0.05) is 42.7 Å². The quantitative estimate of drug-likeness (QED) is 0.0148. The van der Waals surface area contributed by atoms with Gasteiger partial charge in [-0.25, -0.2) is 28.8 Å². The molecule has 32 nitrogen and oxygen atoms in total. The molecule has 0 aliphatic carbocycles. The summed E-state index contributed by atoms with van der Waals surface area (Å²) in [7, 11) is 0. The lowest BCUT2D eigenvalue weighted by Gasteiger charge is -2.23. The van der Waals surface area contributed by atoms with E-state index in [0.29, 0.717) is 57.2 Å². The van der Waals surface area contributed by atoms with Crippen LogP contribution in [0, 0.1) is 92.2 Å². The van der Waals surface area contributed by atoms with Crippen LogP contribution in [-0.4, -0.2) is 175 Å². The Labute approximate surface area is 589 Å². The van der Waals surface area contributed by atoms with Crippen molar-refractivity contribution in [3.8, 4) is 30.3 Å². The van der Waals surface area contributed by atoms with Crippen LogP contribution in [0.25, 0.3) is 0 Å². The minimum Gasteiger partial charge on any atom is -0.464 e. The highest BCUT2D eigenvalue weighted by Crippen LogP contribution is 2.11. The molecule has 0 heterocycles. The van der Waals surface area contributed by atoms with Gasteiger partial charge in [-0.2, -0.15) is 26.3 Å². The highest BCUT2D eigenvalue weighted by atomic mass is 16.6. The maximum atomic E-state index is 11.8. The predicted octanol–water partition coefficient (Wildman–Crippen LogP) is 7.96. The number of amides is 5. The van der Waals surface area contributed by atoms with Crippen molar-refractivity contribution in [2.24, 2.45) is 35.5 Å². The van der Waals surface area contributed by atoms with Crippen molar-refractivity contribution in [2.45, 2.75) is 167 Å². The third-order valence-electron chi connectivity index (χ3n) is 12.9. The zero-order chi connectivity index (χ0) is 77.7. The molecule has 0 aromatic heterocycles. The van der Waals surface area contributed by atoms with Crippen LogP contribution >= 0.6 is 0 Å². The fourth-order valence-electron chi connectivity index (χ4n) is 5.50. The fraction of sp³-hybridized carbons (Fsp3) is 0.662. The average molecular weight is 1420 g/mol. The molecule has 6 atom stereocenters. The van der Waals surface area contributed by atoms with Crippen LogP contribution in [0.1, 0.15) is 161 Å². The number of hydrogen-bond donors (Lipinski definition) is 4. The van der Waals surface area contributed by atoms with E-state index in [1.807, 2.05) is 85.7 Å². The largest absolute Gasteiger partial charge is 0.464 e. The average Bonchev–Trinajstić information content (AvgIpc) is 1.05. The van der Waals surface area contributed by atoms with Gasteiger partial charge in [0.25, 0.3) is 0 Å². The summed E-state index contributed by atoms with van der Waals surface area (Å²) in [6.45, 7) is 34.9. The van der Waals surface area contributed by atoms with Crippen LogP contribution < -0.4 is 21.3 Å². The van der Waals surface area contributed by atoms with E-state index in [9.17, 15) is 57.5 Å². The van der Waals surface area contributed by atoms with Gasteiger partial charge < -0.3 is 73.5 Å². The number of nitrogens with one attached hydrogen (secondary N) is 4. The third-order valence-corrected chi connectivity index (χ3v) is 12.9. The minimum atomic E-state index is -0.694. The number of nitrogens with zero attached hydrogens (tertiary/aromatic N) is 6. The van der Waals surface area contributed by atoms with Gasteiger partial charge in [0.15, 0.2) is 6.73 Å². The van der Waals surface area contributed by atoms with Crippen LogP contribution in [0.4, 0.5) is 14.4 Å². The molecule has 32 heteroatoms. The molecule has 0 saturated heterocycles. The molecule has 100 heavy (non-hydrogen) atoms. The van der Waals surface area contributed by atoms with E-state index < -0.39 is 42.3 Å². The van der Waals surface area contributed by atoms with Gasteiger partial charge >= 0.3 is 60.1 Å². The predicted molar refractivity (Wildman–Crippen MR) is 361 cm³/mol. The van der Waals surface area contributed by atoms with Gasteiger partial charge in [0.05, 0.1) is 106 Å². The van der Waals surface area contributed by atoms with Crippen LogP contribution in [0.2, 0.25) is 0 Å². The molecule has 0 saturated carbocycles. The zero-order valence-corrected chi connectivity index (χ0v) is 60.7. The highest BCUT2D eigenvalue weighted by molar-refractivity contribution is 5.87.